The lowest BCUT2D eigenvalue weighted by molar-refractivity contribution is -0.127. The van der Waals surface area contributed by atoms with Gasteiger partial charge in [-0.1, -0.05) is 18.5 Å². The molecule has 0 spiro atoms. The number of carbonyl (C=O) groups excluding carboxylic acids is 2. The molecule has 1 aromatic rings. The van der Waals surface area contributed by atoms with Crippen molar-refractivity contribution in [3.8, 4) is 17.2 Å². The van der Waals surface area contributed by atoms with E-state index in [-0.39, 0.29) is 46.0 Å². The van der Waals surface area contributed by atoms with Crippen molar-refractivity contribution in [1.82, 2.24) is 0 Å². The molecule has 1 aromatic carbocycles. The maximum Gasteiger partial charge on any atom is 0.176 e. The number of halogens is 1. The normalized spacial score (nSPS) is 23.9. The number of benzene rings is 1. The van der Waals surface area contributed by atoms with Crippen LogP contribution in [-0.2, 0) is 9.53 Å². The lowest BCUT2D eigenvalue weighted by atomic mass is 9.73. The van der Waals surface area contributed by atoms with Gasteiger partial charge in [0.15, 0.2) is 11.5 Å². The van der Waals surface area contributed by atoms with E-state index in [4.69, 9.17) is 25.8 Å². The minimum Gasteiger partial charge on any atom is -0.505 e. The summed E-state index contributed by atoms with van der Waals surface area (Å²) in [6.45, 7) is 1.82. The van der Waals surface area contributed by atoms with Crippen molar-refractivity contribution in [3.05, 3.63) is 16.7 Å². The number of ether oxygens (including phenoxy) is 3. The molecule has 0 aromatic heterocycles. The van der Waals surface area contributed by atoms with Crippen LogP contribution in [0.15, 0.2) is 6.07 Å². The SMILES string of the molecule is COc1cc(OC)c(C(=O)C2C(C)CC(=O)CC2OC)c(O)c1Cl. The Kier molecular flexibility index (Phi) is 5.72. The van der Waals surface area contributed by atoms with Gasteiger partial charge in [-0.05, 0) is 5.92 Å². The molecule has 1 fully saturated rings. The fourth-order valence-electron chi connectivity index (χ4n) is 3.26. The molecule has 0 heterocycles. The number of Topliss-reactive ketones (excluding diaryl/α,β-unsaturated/α-hetero) is 2. The molecule has 24 heavy (non-hydrogen) atoms. The molecule has 6 nitrogen and oxygen atoms in total. The second-order valence-electron chi connectivity index (χ2n) is 5.91. The van der Waals surface area contributed by atoms with Gasteiger partial charge in [0.2, 0.25) is 0 Å². The molecule has 1 N–H and O–H groups in total. The Labute approximate surface area is 145 Å². The number of phenolic OH excluding ortho intramolecular Hbond substituents is 1. The summed E-state index contributed by atoms with van der Waals surface area (Å²) in [7, 11) is 4.26. The highest BCUT2D eigenvalue weighted by atomic mass is 35.5. The summed E-state index contributed by atoms with van der Waals surface area (Å²) in [6, 6.07) is 1.45. The molecule has 0 radical (unpaired) electrons. The number of ketones is 2. The minimum atomic E-state index is -0.572. The van der Waals surface area contributed by atoms with Crippen molar-refractivity contribution in [3.63, 3.8) is 0 Å². The maximum atomic E-state index is 13.1. The molecule has 1 saturated carbocycles. The van der Waals surface area contributed by atoms with Crippen molar-refractivity contribution >= 4 is 23.2 Å². The number of methoxy groups -OCH3 is 3. The zero-order valence-corrected chi connectivity index (χ0v) is 14.8. The Balaban J connectivity index is 2.52. The third-order valence-electron chi connectivity index (χ3n) is 4.45. The van der Waals surface area contributed by atoms with Crippen LogP contribution < -0.4 is 9.47 Å². The van der Waals surface area contributed by atoms with Crippen molar-refractivity contribution in [2.24, 2.45) is 11.8 Å². The maximum absolute atomic E-state index is 13.1. The van der Waals surface area contributed by atoms with Gasteiger partial charge in [-0.3, -0.25) is 9.59 Å². The van der Waals surface area contributed by atoms with Crippen LogP contribution in [0.25, 0.3) is 0 Å². The van der Waals surface area contributed by atoms with Gasteiger partial charge in [-0.15, -0.1) is 0 Å². The average Bonchev–Trinajstić information content (AvgIpc) is 2.55. The van der Waals surface area contributed by atoms with Crippen molar-refractivity contribution in [2.45, 2.75) is 25.9 Å². The van der Waals surface area contributed by atoms with E-state index in [0.717, 1.165) is 0 Å². The van der Waals surface area contributed by atoms with E-state index in [9.17, 15) is 14.7 Å². The van der Waals surface area contributed by atoms with E-state index in [2.05, 4.69) is 0 Å². The van der Waals surface area contributed by atoms with Gasteiger partial charge >= 0.3 is 0 Å². The first-order valence-electron chi connectivity index (χ1n) is 7.57. The number of hydrogen-bond donors (Lipinski definition) is 1. The lowest BCUT2D eigenvalue weighted by Gasteiger charge is -2.34. The molecule has 132 valence electrons. The number of aromatic hydroxyl groups is 1. The largest absolute Gasteiger partial charge is 0.505 e. The summed E-state index contributed by atoms with van der Waals surface area (Å²) in [5.74, 6) is -1.11. The molecule has 0 amide bonds. The summed E-state index contributed by atoms with van der Waals surface area (Å²) < 4.78 is 15.7. The monoisotopic (exact) mass is 356 g/mol. The fourth-order valence-corrected chi connectivity index (χ4v) is 3.48. The van der Waals surface area contributed by atoms with Crippen LogP contribution in [-0.4, -0.2) is 44.1 Å². The smallest absolute Gasteiger partial charge is 0.176 e. The first kappa shape index (κ1) is 18.5. The highest BCUT2D eigenvalue weighted by Crippen LogP contribution is 2.45. The summed E-state index contributed by atoms with van der Waals surface area (Å²) in [5.41, 5.74) is -0.0171. The fraction of sp³-hybridized carbons (Fsp3) is 0.529. The van der Waals surface area contributed by atoms with Gasteiger partial charge in [-0.25, -0.2) is 0 Å². The first-order chi connectivity index (χ1) is 11.3. The Morgan fingerprint density at radius 3 is 2.38 bits per heavy atom. The Bertz CT molecular complexity index is 657. The molecule has 0 saturated heterocycles. The van der Waals surface area contributed by atoms with Gasteiger partial charge in [0, 0.05) is 26.0 Å². The van der Waals surface area contributed by atoms with Crippen LogP contribution in [0.5, 0.6) is 17.2 Å². The molecule has 2 rings (SSSR count). The predicted molar refractivity (Wildman–Crippen MR) is 88.2 cm³/mol. The van der Waals surface area contributed by atoms with Crippen LogP contribution in [0.1, 0.15) is 30.1 Å². The summed E-state index contributed by atoms with van der Waals surface area (Å²) >= 11 is 6.07. The second kappa shape index (κ2) is 7.40. The lowest BCUT2D eigenvalue weighted by Crippen LogP contribution is -2.41. The molecule has 0 bridgehead atoms. The molecule has 0 aliphatic heterocycles. The Morgan fingerprint density at radius 2 is 1.83 bits per heavy atom. The van der Waals surface area contributed by atoms with Crippen LogP contribution >= 0.6 is 11.6 Å². The van der Waals surface area contributed by atoms with Crippen LogP contribution in [0.4, 0.5) is 0 Å². The van der Waals surface area contributed by atoms with Gasteiger partial charge in [0.05, 0.1) is 26.2 Å². The number of hydrogen-bond acceptors (Lipinski definition) is 6. The molecule has 7 heteroatoms. The van der Waals surface area contributed by atoms with Gasteiger partial charge in [0.25, 0.3) is 0 Å². The number of carbonyl (C=O) groups is 2. The zero-order valence-electron chi connectivity index (χ0n) is 14.1. The summed E-state index contributed by atoms with van der Waals surface area (Å²) in [5, 5.41) is 10.3. The van der Waals surface area contributed by atoms with E-state index in [0.29, 0.717) is 6.42 Å². The van der Waals surface area contributed by atoms with E-state index in [1.54, 1.807) is 0 Å². The topological polar surface area (TPSA) is 82.1 Å². The number of rotatable bonds is 5. The standard InChI is InChI=1S/C17H21ClO6/c1-8-5-9(19)6-10(22-2)13(8)16(20)14-11(23-3)7-12(24-4)15(18)17(14)21/h7-8,10,13,21H,5-6H2,1-4H3. The van der Waals surface area contributed by atoms with Crippen LogP contribution in [0, 0.1) is 11.8 Å². The van der Waals surface area contributed by atoms with E-state index < -0.39 is 17.8 Å². The zero-order chi connectivity index (χ0) is 18.0. The second-order valence-corrected chi connectivity index (χ2v) is 6.29. The molecule has 3 unspecified atom stereocenters. The van der Waals surface area contributed by atoms with Gasteiger partial charge < -0.3 is 19.3 Å². The highest BCUT2D eigenvalue weighted by molar-refractivity contribution is 6.34. The Morgan fingerprint density at radius 1 is 1.21 bits per heavy atom. The van der Waals surface area contributed by atoms with E-state index >= 15 is 0 Å². The summed E-state index contributed by atoms with van der Waals surface area (Å²) in [4.78, 5) is 24.9. The van der Waals surface area contributed by atoms with Gasteiger partial charge in [-0.2, -0.15) is 0 Å². The molecule has 3 atom stereocenters. The van der Waals surface area contributed by atoms with Gasteiger partial charge in [0.1, 0.15) is 27.9 Å². The Hall–Kier alpha value is -1.79. The van der Waals surface area contributed by atoms with Crippen LogP contribution in [0.3, 0.4) is 0 Å². The molecule has 1 aliphatic carbocycles. The minimum absolute atomic E-state index is 0.0171. The number of phenols is 1. The van der Waals surface area contributed by atoms with Crippen molar-refractivity contribution < 1.29 is 28.9 Å². The predicted octanol–water partition coefficient (Wildman–Crippen LogP) is 2.88. The molecular weight excluding hydrogens is 336 g/mol. The highest BCUT2D eigenvalue weighted by Gasteiger charge is 2.42. The van der Waals surface area contributed by atoms with Crippen LogP contribution in [0.2, 0.25) is 5.02 Å². The third kappa shape index (κ3) is 3.21. The summed E-state index contributed by atoms with van der Waals surface area (Å²) in [6.07, 6.45) is -0.0771. The van der Waals surface area contributed by atoms with Crippen molar-refractivity contribution in [1.29, 1.82) is 0 Å². The third-order valence-corrected chi connectivity index (χ3v) is 4.82. The quantitative estimate of drug-likeness (QED) is 0.817. The van der Waals surface area contributed by atoms with E-state index in [1.165, 1.54) is 27.4 Å². The first-order valence-corrected chi connectivity index (χ1v) is 7.95. The average molecular weight is 357 g/mol. The molecule has 1 aliphatic rings. The molecular formula is C17H21ClO6. The van der Waals surface area contributed by atoms with Crippen molar-refractivity contribution in [2.75, 3.05) is 21.3 Å². The van der Waals surface area contributed by atoms with E-state index in [1.807, 2.05) is 6.92 Å².